The SMILES string of the molecule is CCCC1CC(=O)C=C(C2CC[C@@H](C)O2)N1. The van der Waals surface area contributed by atoms with E-state index in [1.807, 2.05) is 0 Å². The fraction of sp³-hybridized carbons (Fsp3) is 0.769. The quantitative estimate of drug-likeness (QED) is 0.797. The van der Waals surface area contributed by atoms with Gasteiger partial charge < -0.3 is 10.1 Å². The first-order chi connectivity index (χ1) is 7.69. The number of ether oxygens (including phenoxy) is 1. The van der Waals surface area contributed by atoms with Crippen molar-refractivity contribution < 1.29 is 9.53 Å². The number of carbonyl (C=O) groups is 1. The Morgan fingerprint density at radius 1 is 1.50 bits per heavy atom. The van der Waals surface area contributed by atoms with E-state index in [9.17, 15) is 4.79 Å². The minimum absolute atomic E-state index is 0.124. The van der Waals surface area contributed by atoms with Gasteiger partial charge in [0.2, 0.25) is 0 Å². The summed E-state index contributed by atoms with van der Waals surface area (Å²) in [6, 6.07) is 0.317. The van der Waals surface area contributed by atoms with Crippen LogP contribution in [0, 0.1) is 0 Å². The van der Waals surface area contributed by atoms with Gasteiger partial charge in [-0.15, -0.1) is 0 Å². The molecule has 0 aromatic rings. The largest absolute Gasteiger partial charge is 0.383 e. The maximum Gasteiger partial charge on any atom is 0.159 e. The zero-order valence-electron chi connectivity index (χ0n) is 10.2. The molecule has 0 aromatic carbocycles. The normalized spacial score (nSPS) is 34.8. The molecule has 2 aliphatic heterocycles. The van der Waals surface area contributed by atoms with Gasteiger partial charge in [-0.3, -0.25) is 4.79 Å². The lowest BCUT2D eigenvalue weighted by molar-refractivity contribution is -0.115. The first kappa shape index (κ1) is 11.6. The van der Waals surface area contributed by atoms with Crippen molar-refractivity contribution in [3.05, 3.63) is 11.8 Å². The van der Waals surface area contributed by atoms with E-state index in [4.69, 9.17) is 4.74 Å². The topological polar surface area (TPSA) is 38.3 Å². The Balaban J connectivity index is 2.00. The molecule has 0 spiro atoms. The van der Waals surface area contributed by atoms with Crippen LogP contribution in [0.3, 0.4) is 0 Å². The number of ketones is 1. The number of carbonyl (C=O) groups excluding carboxylic acids is 1. The average Bonchev–Trinajstić information content (AvgIpc) is 2.64. The number of allylic oxidation sites excluding steroid dienone is 1. The molecule has 2 unspecified atom stereocenters. The van der Waals surface area contributed by atoms with Crippen LogP contribution in [0.2, 0.25) is 0 Å². The number of nitrogens with one attached hydrogen (secondary N) is 1. The van der Waals surface area contributed by atoms with E-state index in [0.717, 1.165) is 31.4 Å². The van der Waals surface area contributed by atoms with Crippen molar-refractivity contribution in [2.24, 2.45) is 0 Å². The van der Waals surface area contributed by atoms with Gasteiger partial charge in [0, 0.05) is 24.2 Å². The summed E-state index contributed by atoms with van der Waals surface area (Å²) in [6.45, 7) is 4.24. The molecule has 3 nitrogen and oxygen atoms in total. The van der Waals surface area contributed by atoms with E-state index in [0.29, 0.717) is 18.6 Å². The van der Waals surface area contributed by atoms with Gasteiger partial charge in [0.25, 0.3) is 0 Å². The standard InChI is InChI=1S/C13H21NO2/c1-3-4-10-7-11(15)8-12(14-10)13-6-5-9(2)16-13/h8-10,13-14H,3-7H2,1-2H3/t9-,10?,13?/m1/s1. The maximum absolute atomic E-state index is 11.6. The molecule has 1 N–H and O–H groups in total. The highest BCUT2D eigenvalue weighted by molar-refractivity contribution is 5.91. The van der Waals surface area contributed by atoms with Crippen LogP contribution in [0.15, 0.2) is 11.8 Å². The molecule has 2 heterocycles. The summed E-state index contributed by atoms with van der Waals surface area (Å²) in [5.41, 5.74) is 1.01. The second kappa shape index (κ2) is 5.00. The smallest absolute Gasteiger partial charge is 0.159 e. The minimum atomic E-state index is 0.124. The molecular formula is C13H21NO2. The summed E-state index contributed by atoms with van der Waals surface area (Å²) in [5.74, 6) is 0.246. The second-order valence-corrected chi connectivity index (χ2v) is 4.91. The summed E-state index contributed by atoms with van der Waals surface area (Å²) < 4.78 is 5.79. The van der Waals surface area contributed by atoms with Crippen LogP contribution in [0.5, 0.6) is 0 Å². The Kier molecular flexibility index (Phi) is 3.64. The first-order valence-corrected chi connectivity index (χ1v) is 6.35. The van der Waals surface area contributed by atoms with Gasteiger partial charge in [0.1, 0.15) is 0 Å². The molecule has 16 heavy (non-hydrogen) atoms. The molecule has 3 heteroatoms. The van der Waals surface area contributed by atoms with E-state index in [-0.39, 0.29) is 11.9 Å². The van der Waals surface area contributed by atoms with Crippen LogP contribution in [0.25, 0.3) is 0 Å². The van der Waals surface area contributed by atoms with Gasteiger partial charge in [0.05, 0.1) is 12.2 Å². The molecule has 0 bridgehead atoms. The first-order valence-electron chi connectivity index (χ1n) is 6.35. The lowest BCUT2D eigenvalue weighted by atomic mass is 9.98. The molecule has 2 rings (SSSR count). The van der Waals surface area contributed by atoms with E-state index in [2.05, 4.69) is 19.2 Å². The van der Waals surface area contributed by atoms with Gasteiger partial charge in [-0.2, -0.15) is 0 Å². The highest BCUT2D eigenvalue weighted by atomic mass is 16.5. The van der Waals surface area contributed by atoms with Crippen molar-refractivity contribution in [3.8, 4) is 0 Å². The predicted molar refractivity (Wildman–Crippen MR) is 63.1 cm³/mol. The Morgan fingerprint density at radius 3 is 2.94 bits per heavy atom. The molecule has 0 aromatic heterocycles. The van der Waals surface area contributed by atoms with Gasteiger partial charge in [-0.05, 0) is 26.2 Å². The van der Waals surface area contributed by atoms with Gasteiger partial charge >= 0.3 is 0 Å². The van der Waals surface area contributed by atoms with E-state index >= 15 is 0 Å². The van der Waals surface area contributed by atoms with Crippen LogP contribution in [0.1, 0.15) is 46.0 Å². The van der Waals surface area contributed by atoms with Gasteiger partial charge in [-0.25, -0.2) is 0 Å². The third kappa shape index (κ3) is 2.64. The lowest BCUT2D eigenvalue weighted by Gasteiger charge is -2.27. The molecule has 0 radical (unpaired) electrons. The summed E-state index contributed by atoms with van der Waals surface area (Å²) in [7, 11) is 0. The van der Waals surface area contributed by atoms with Crippen molar-refractivity contribution >= 4 is 5.78 Å². The zero-order valence-corrected chi connectivity index (χ0v) is 10.2. The third-order valence-electron chi connectivity index (χ3n) is 3.35. The molecule has 3 atom stereocenters. The Morgan fingerprint density at radius 2 is 2.31 bits per heavy atom. The monoisotopic (exact) mass is 223 g/mol. The van der Waals surface area contributed by atoms with Crippen molar-refractivity contribution in [3.63, 3.8) is 0 Å². The van der Waals surface area contributed by atoms with Crippen molar-refractivity contribution in [2.45, 2.75) is 64.2 Å². The predicted octanol–water partition coefficient (Wildman–Crippen LogP) is 2.17. The average molecular weight is 223 g/mol. The fourth-order valence-corrected chi connectivity index (χ4v) is 2.54. The number of hydrogen-bond donors (Lipinski definition) is 1. The fourth-order valence-electron chi connectivity index (χ4n) is 2.54. The Bertz CT molecular complexity index is 298. The summed E-state index contributed by atoms with van der Waals surface area (Å²) in [4.78, 5) is 11.6. The molecule has 0 aliphatic carbocycles. The third-order valence-corrected chi connectivity index (χ3v) is 3.35. The van der Waals surface area contributed by atoms with E-state index < -0.39 is 0 Å². The van der Waals surface area contributed by atoms with Crippen LogP contribution in [-0.2, 0) is 9.53 Å². The molecule has 0 amide bonds. The molecular weight excluding hydrogens is 202 g/mol. The molecule has 90 valence electrons. The molecule has 1 saturated heterocycles. The minimum Gasteiger partial charge on any atom is -0.383 e. The second-order valence-electron chi connectivity index (χ2n) is 4.91. The summed E-state index contributed by atoms with van der Waals surface area (Å²) in [5, 5.41) is 3.46. The molecule has 2 aliphatic rings. The number of rotatable bonds is 3. The summed E-state index contributed by atoms with van der Waals surface area (Å²) in [6.07, 6.45) is 7.13. The molecule has 1 fully saturated rings. The van der Waals surface area contributed by atoms with Crippen LogP contribution < -0.4 is 5.32 Å². The molecule has 0 saturated carbocycles. The Hall–Kier alpha value is -0.830. The maximum atomic E-state index is 11.6. The van der Waals surface area contributed by atoms with Gasteiger partial charge in [0.15, 0.2) is 5.78 Å². The highest BCUT2D eigenvalue weighted by Gasteiger charge is 2.29. The van der Waals surface area contributed by atoms with Crippen molar-refractivity contribution in [2.75, 3.05) is 0 Å². The van der Waals surface area contributed by atoms with E-state index in [1.165, 1.54) is 0 Å². The summed E-state index contributed by atoms with van der Waals surface area (Å²) >= 11 is 0. The van der Waals surface area contributed by atoms with Crippen molar-refractivity contribution in [1.82, 2.24) is 5.32 Å². The lowest BCUT2D eigenvalue weighted by Crippen LogP contribution is -2.39. The van der Waals surface area contributed by atoms with Crippen LogP contribution >= 0.6 is 0 Å². The van der Waals surface area contributed by atoms with Gasteiger partial charge in [-0.1, -0.05) is 13.3 Å². The van der Waals surface area contributed by atoms with Crippen LogP contribution in [-0.4, -0.2) is 24.0 Å². The Labute approximate surface area is 97.2 Å². The number of hydrogen-bond acceptors (Lipinski definition) is 3. The zero-order chi connectivity index (χ0) is 11.5. The highest BCUT2D eigenvalue weighted by Crippen LogP contribution is 2.26. The van der Waals surface area contributed by atoms with E-state index in [1.54, 1.807) is 6.08 Å². The van der Waals surface area contributed by atoms with Crippen molar-refractivity contribution in [1.29, 1.82) is 0 Å². The van der Waals surface area contributed by atoms with Crippen LogP contribution in [0.4, 0.5) is 0 Å².